The average molecular weight is 570 g/mol. The maximum absolute atomic E-state index is 14.7. The van der Waals surface area contributed by atoms with Crippen LogP contribution in [0.1, 0.15) is 25.0 Å². The van der Waals surface area contributed by atoms with E-state index in [-0.39, 0.29) is 19.4 Å². The third-order valence-electron chi connectivity index (χ3n) is 6.91. The number of hydrogen-bond donors (Lipinski definition) is 3. The number of hydrogen-bond acceptors (Lipinski definition) is 7. The third-order valence-corrected chi connectivity index (χ3v) is 6.91. The van der Waals surface area contributed by atoms with Crippen molar-refractivity contribution in [1.82, 2.24) is 15.5 Å². The zero-order valence-electron chi connectivity index (χ0n) is 23.8. The highest BCUT2D eigenvalue weighted by atomic mass is 19.1. The van der Waals surface area contributed by atoms with Crippen molar-refractivity contribution in [3.8, 4) is 5.75 Å². The number of morpholine rings is 1. The molecule has 222 valence electrons. The fourth-order valence-corrected chi connectivity index (χ4v) is 4.52. The largest absolute Gasteiger partial charge is 0.497 e. The van der Waals surface area contributed by atoms with E-state index in [0.717, 1.165) is 11.1 Å². The van der Waals surface area contributed by atoms with E-state index in [2.05, 4.69) is 10.6 Å². The van der Waals surface area contributed by atoms with E-state index >= 15 is 0 Å². The first-order chi connectivity index (χ1) is 19.7. The van der Waals surface area contributed by atoms with Crippen LogP contribution in [0.4, 0.5) is 4.39 Å². The smallest absolute Gasteiger partial charge is 0.243 e. The lowest BCUT2D eigenvalue weighted by atomic mass is 9.98. The minimum Gasteiger partial charge on any atom is -0.497 e. The van der Waals surface area contributed by atoms with E-state index in [1.54, 1.807) is 38.3 Å². The lowest BCUT2D eigenvalue weighted by Crippen LogP contribution is -2.54. The number of nitrogens with one attached hydrogen (secondary N) is 2. The van der Waals surface area contributed by atoms with Crippen molar-refractivity contribution in [2.24, 2.45) is 5.92 Å². The summed E-state index contributed by atoms with van der Waals surface area (Å²) in [7, 11) is 1.55. The number of ketones is 1. The quantitative estimate of drug-likeness (QED) is 0.320. The molecule has 1 heterocycles. The minimum absolute atomic E-state index is 0.0827. The SMILES string of the molecule is COc1ccc(CC(NC(=O)C(C)C=C(F)CN2CCOCC2)C(=O)NC(Cc2ccccc2)C(=O)C(C)O)cc1. The highest BCUT2D eigenvalue weighted by Crippen LogP contribution is 2.15. The van der Waals surface area contributed by atoms with Crippen molar-refractivity contribution in [3.63, 3.8) is 0 Å². The molecule has 0 aromatic heterocycles. The van der Waals surface area contributed by atoms with E-state index in [9.17, 15) is 23.9 Å². The molecule has 1 fully saturated rings. The molecule has 4 atom stereocenters. The lowest BCUT2D eigenvalue weighted by molar-refractivity contribution is -0.134. The summed E-state index contributed by atoms with van der Waals surface area (Å²) in [6.07, 6.45) is 0.251. The zero-order chi connectivity index (χ0) is 29.8. The van der Waals surface area contributed by atoms with Crippen LogP contribution in [0.15, 0.2) is 66.5 Å². The van der Waals surface area contributed by atoms with E-state index in [1.165, 1.54) is 13.0 Å². The molecule has 0 saturated carbocycles. The summed E-state index contributed by atoms with van der Waals surface area (Å²) in [6.45, 7) is 5.29. The van der Waals surface area contributed by atoms with Gasteiger partial charge in [-0.2, -0.15) is 0 Å². The fraction of sp³-hybridized carbons (Fsp3) is 0.452. The topological polar surface area (TPSA) is 117 Å². The number of carbonyl (C=O) groups excluding carboxylic acids is 3. The van der Waals surface area contributed by atoms with E-state index in [1.807, 2.05) is 35.2 Å². The number of methoxy groups -OCH3 is 1. The van der Waals surface area contributed by atoms with Crippen LogP contribution in [0, 0.1) is 5.92 Å². The van der Waals surface area contributed by atoms with E-state index < -0.39 is 47.5 Å². The van der Waals surface area contributed by atoms with Crippen LogP contribution in [0.25, 0.3) is 0 Å². The second kappa shape index (κ2) is 16.0. The Kier molecular flexibility index (Phi) is 12.5. The molecule has 0 spiro atoms. The number of amides is 2. The standard InChI is InChI=1S/C31H40FN3O6/c1-21(17-25(32)20-35-13-15-41-16-14-35)30(38)34-28(19-24-9-11-26(40-3)12-10-24)31(39)33-27(29(37)22(2)36)18-23-7-5-4-6-8-23/h4-12,17,21-22,27-28,36H,13-16,18-20H2,1-3H3,(H,33,39)(H,34,38). The van der Waals surface area contributed by atoms with Crippen molar-refractivity contribution in [3.05, 3.63) is 77.6 Å². The van der Waals surface area contributed by atoms with Gasteiger partial charge in [-0.05, 0) is 49.6 Å². The van der Waals surface area contributed by atoms with Gasteiger partial charge in [0.15, 0.2) is 5.78 Å². The molecule has 0 aliphatic carbocycles. The zero-order valence-corrected chi connectivity index (χ0v) is 23.8. The van der Waals surface area contributed by atoms with Crippen LogP contribution in [-0.2, 0) is 32.0 Å². The molecule has 3 N–H and O–H groups in total. The van der Waals surface area contributed by atoms with Crippen molar-refractivity contribution in [1.29, 1.82) is 0 Å². The molecule has 4 unspecified atom stereocenters. The lowest BCUT2D eigenvalue weighted by Gasteiger charge is -2.26. The molecule has 1 saturated heterocycles. The van der Waals surface area contributed by atoms with Crippen molar-refractivity contribution in [2.45, 2.75) is 44.9 Å². The molecule has 9 nitrogen and oxygen atoms in total. The fourth-order valence-electron chi connectivity index (χ4n) is 4.52. The Labute approximate surface area is 240 Å². The van der Waals surface area contributed by atoms with Crippen molar-refractivity contribution in [2.75, 3.05) is 40.0 Å². The van der Waals surface area contributed by atoms with Gasteiger partial charge in [0.25, 0.3) is 0 Å². The van der Waals surface area contributed by atoms with Gasteiger partial charge in [-0.1, -0.05) is 42.5 Å². The van der Waals surface area contributed by atoms with Gasteiger partial charge in [0.05, 0.1) is 38.8 Å². The summed E-state index contributed by atoms with van der Waals surface area (Å²) >= 11 is 0. The predicted molar refractivity (Wildman–Crippen MR) is 153 cm³/mol. The number of rotatable bonds is 14. The second-order valence-corrected chi connectivity index (χ2v) is 10.2. The van der Waals surface area contributed by atoms with Gasteiger partial charge in [-0.15, -0.1) is 0 Å². The van der Waals surface area contributed by atoms with E-state index in [0.29, 0.717) is 32.1 Å². The highest BCUT2D eigenvalue weighted by molar-refractivity contribution is 5.95. The van der Waals surface area contributed by atoms with Gasteiger partial charge >= 0.3 is 0 Å². The molecule has 41 heavy (non-hydrogen) atoms. The van der Waals surface area contributed by atoms with Crippen LogP contribution >= 0.6 is 0 Å². The van der Waals surface area contributed by atoms with Crippen LogP contribution in [0.2, 0.25) is 0 Å². The van der Waals surface area contributed by atoms with E-state index in [4.69, 9.17) is 9.47 Å². The number of carbonyl (C=O) groups is 3. The Morgan fingerprint density at radius 3 is 2.15 bits per heavy atom. The maximum atomic E-state index is 14.7. The number of aliphatic hydroxyl groups is 1. The van der Waals surface area contributed by atoms with Crippen molar-refractivity contribution >= 4 is 17.6 Å². The minimum atomic E-state index is -1.29. The first-order valence-electron chi connectivity index (χ1n) is 13.8. The van der Waals surface area contributed by atoms with Gasteiger partial charge in [0.1, 0.15) is 23.7 Å². The van der Waals surface area contributed by atoms with Gasteiger partial charge in [-0.25, -0.2) is 4.39 Å². The van der Waals surface area contributed by atoms with Gasteiger partial charge in [-0.3, -0.25) is 19.3 Å². The predicted octanol–water partition coefficient (Wildman–Crippen LogP) is 2.22. The Hall–Kier alpha value is -3.60. The first kappa shape index (κ1) is 31.9. The highest BCUT2D eigenvalue weighted by Gasteiger charge is 2.30. The van der Waals surface area contributed by atoms with Gasteiger partial charge < -0.3 is 25.2 Å². The monoisotopic (exact) mass is 569 g/mol. The molecule has 3 rings (SSSR count). The Morgan fingerprint density at radius 1 is 0.951 bits per heavy atom. The van der Waals surface area contributed by atoms with Gasteiger partial charge in [0.2, 0.25) is 11.8 Å². The number of ether oxygens (including phenoxy) is 2. The third kappa shape index (κ3) is 10.4. The number of halogens is 1. The summed E-state index contributed by atoms with van der Waals surface area (Å²) in [6, 6.07) is 14.1. The van der Waals surface area contributed by atoms with Crippen LogP contribution < -0.4 is 15.4 Å². The Balaban J connectivity index is 1.76. The second-order valence-electron chi connectivity index (χ2n) is 10.2. The number of benzene rings is 2. The number of aliphatic hydroxyl groups excluding tert-OH is 1. The summed E-state index contributed by atoms with van der Waals surface area (Å²) in [5.74, 6) is -2.30. The summed E-state index contributed by atoms with van der Waals surface area (Å²) in [5, 5.41) is 15.5. The molecular weight excluding hydrogens is 529 g/mol. The molecule has 0 bridgehead atoms. The Bertz CT molecular complexity index is 1170. The first-order valence-corrected chi connectivity index (χ1v) is 13.8. The van der Waals surface area contributed by atoms with Crippen LogP contribution in [-0.4, -0.2) is 85.7 Å². The number of nitrogens with zero attached hydrogens (tertiary/aromatic N) is 1. The summed E-state index contributed by atoms with van der Waals surface area (Å²) in [4.78, 5) is 41.4. The number of Topliss-reactive ketones (excluding diaryl/α,β-unsaturated/α-hetero) is 1. The molecule has 1 aliphatic rings. The molecule has 2 amide bonds. The van der Waals surface area contributed by atoms with Crippen molar-refractivity contribution < 1.29 is 33.4 Å². The normalized spacial score (nSPS) is 17.1. The maximum Gasteiger partial charge on any atom is 0.243 e. The molecule has 10 heteroatoms. The summed E-state index contributed by atoms with van der Waals surface area (Å²) in [5.41, 5.74) is 1.55. The Morgan fingerprint density at radius 2 is 1.54 bits per heavy atom. The van der Waals surface area contributed by atoms with Crippen LogP contribution in [0.3, 0.4) is 0 Å². The molecule has 2 aromatic carbocycles. The van der Waals surface area contributed by atoms with Gasteiger partial charge in [0, 0.05) is 19.5 Å². The summed E-state index contributed by atoms with van der Waals surface area (Å²) < 4.78 is 25.2. The molecule has 1 aliphatic heterocycles. The molecule has 0 radical (unpaired) electrons. The van der Waals surface area contributed by atoms with Crippen LogP contribution in [0.5, 0.6) is 5.75 Å². The molecule has 2 aromatic rings. The average Bonchev–Trinajstić information content (AvgIpc) is 2.97. The molecular formula is C31H40FN3O6.